The van der Waals surface area contributed by atoms with E-state index in [4.69, 9.17) is 0 Å². The minimum Gasteiger partial charge on any atom is -0.480 e. The first kappa shape index (κ1) is 19.5. The number of rotatable bonds is 4. The molecule has 0 aliphatic carbocycles. The number of hydrogen-bond acceptors (Lipinski definition) is 4. The maximum Gasteiger partial charge on any atom is 0.573 e. The number of carbonyl (C=O) groups is 1. The molecule has 1 aliphatic rings. The molecule has 1 aromatic carbocycles. The highest BCUT2D eigenvalue weighted by Gasteiger charge is 2.36. The number of para-hydroxylation sites is 1. The van der Waals surface area contributed by atoms with Gasteiger partial charge in [0.1, 0.15) is 11.8 Å². The van der Waals surface area contributed by atoms with Crippen molar-refractivity contribution in [3.05, 3.63) is 29.8 Å². The van der Waals surface area contributed by atoms with Crippen molar-refractivity contribution in [2.75, 3.05) is 33.2 Å². The SMILES string of the molecule is CN1CCN(C(C(=O)O)c2ccccc2OC(F)(F)F)CC1.Cl. The van der Waals surface area contributed by atoms with E-state index in [1.54, 1.807) is 4.90 Å². The van der Waals surface area contributed by atoms with Crippen LogP contribution < -0.4 is 4.74 Å². The second kappa shape index (κ2) is 7.85. The van der Waals surface area contributed by atoms with E-state index in [0.29, 0.717) is 26.2 Å². The van der Waals surface area contributed by atoms with Gasteiger partial charge < -0.3 is 14.7 Å². The van der Waals surface area contributed by atoms with E-state index in [0.717, 1.165) is 6.07 Å². The Balaban J connectivity index is 0.00000264. The van der Waals surface area contributed by atoms with Crippen LogP contribution in [0.5, 0.6) is 5.75 Å². The normalized spacial score (nSPS) is 18.1. The van der Waals surface area contributed by atoms with Gasteiger partial charge in [0.2, 0.25) is 0 Å². The highest BCUT2D eigenvalue weighted by Crippen LogP contribution is 2.33. The Bertz CT molecular complexity index is 534. The Morgan fingerprint density at radius 2 is 1.78 bits per heavy atom. The summed E-state index contributed by atoms with van der Waals surface area (Å²) in [6.07, 6.45) is -4.86. The van der Waals surface area contributed by atoms with Crippen LogP contribution in [0.2, 0.25) is 0 Å². The number of carboxylic acid groups (broad SMARTS) is 1. The van der Waals surface area contributed by atoms with E-state index in [1.165, 1.54) is 18.2 Å². The maximum absolute atomic E-state index is 12.5. The highest BCUT2D eigenvalue weighted by molar-refractivity contribution is 5.85. The van der Waals surface area contributed by atoms with Gasteiger partial charge in [0, 0.05) is 31.7 Å². The summed E-state index contributed by atoms with van der Waals surface area (Å²) in [5.74, 6) is -1.66. The minimum atomic E-state index is -4.86. The molecule has 1 atom stereocenters. The monoisotopic (exact) mass is 354 g/mol. The standard InChI is InChI=1S/C14H17F3N2O3.ClH/c1-18-6-8-19(9-7-18)12(13(20)21)10-4-2-3-5-11(10)22-14(15,16)17;/h2-5,12H,6-9H2,1H3,(H,20,21);1H. The first-order valence-electron chi connectivity index (χ1n) is 6.78. The Hall–Kier alpha value is -1.51. The number of benzene rings is 1. The molecule has 23 heavy (non-hydrogen) atoms. The predicted molar refractivity (Wildman–Crippen MR) is 79.8 cm³/mol. The van der Waals surface area contributed by atoms with Crippen LogP contribution in [0, 0.1) is 0 Å². The number of hydrogen-bond donors (Lipinski definition) is 1. The summed E-state index contributed by atoms with van der Waals surface area (Å²) < 4.78 is 41.4. The van der Waals surface area contributed by atoms with Gasteiger partial charge >= 0.3 is 12.3 Å². The van der Waals surface area contributed by atoms with Crippen molar-refractivity contribution >= 4 is 18.4 Å². The molecule has 1 unspecified atom stereocenters. The van der Waals surface area contributed by atoms with Crippen molar-refractivity contribution in [2.24, 2.45) is 0 Å². The second-order valence-electron chi connectivity index (χ2n) is 5.17. The molecular formula is C14H18ClF3N2O3. The first-order valence-corrected chi connectivity index (χ1v) is 6.78. The van der Waals surface area contributed by atoms with Crippen LogP contribution in [0.4, 0.5) is 13.2 Å². The smallest absolute Gasteiger partial charge is 0.480 e. The van der Waals surface area contributed by atoms with Crippen LogP contribution >= 0.6 is 12.4 Å². The topological polar surface area (TPSA) is 53.0 Å². The quantitative estimate of drug-likeness (QED) is 0.899. The van der Waals surface area contributed by atoms with Crippen molar-refractivity contribution in [1.82, 2.24) is 9.80 Å². The lowest BCUT2D eigenvalue weighted by Crippen LogP contribution is -2.47. The maximum atomic E-state index is 12.5. The lowest BCUT2D eigenvalue weighted by molar-refractivity contribution is -0.275. The molecule has 130 valence electrons. The number of aliphatic carboxylic acids is 1. The van der Waals surface area contributed by atoms with E-state index < -0.39 is 24.1 Å². The lowest BCUT2D eigenvalue weighted by atomic mass is 10.0. The average Bonchev–Trinajstić information content (AvgIpc) is 2.41. The van der Waals surface area contributed by atoms with Gasteiger partial charge in [-0.2, -0.15) is 0 Å². The van der Waals surface area contributed by atoms with Gasteiger partial charge in [-0.15, -0.1) is 25.6 Å². The van der Waals surface area contributed by atoms with Crippen LogP contribution in [0.15, 0.2) is 24.3 Å². The summed E-state index contributed by atoms with van der Waals surface area (Å²) in [6.45, 7) is 2.25. The number of halogens is 4. The van der Waals surface area contributed by atoms with Crippen LogP contribution in [0.25, 0.3) is 0 Å². The van der Waals surface area contributed by atoms with Crippen LogP contribution in [0.1, 0.15) is 11.6 Å². The van der Waals surface area contributed by atoms with Gasteiger partial charge in [0.05, 0.1) is 0 Å². The fraction of sp³-hybridized carbons (Fsp3) is 0.500. The van der Waals surface area contributed by atoms with E-state index in [-0.39, 0.29) is 18.0 Å². The lowest BCUT2D eigenvalue weighted by Gasteiger charge is -2.36. The van der Waals surface area contributed by atoms with Crippen molar-refractivity contribution < 1.29 is 27.8 Å². The van der Waals surface area contributed by atoms with Crippen molar-refractivity contribution in [3.8, 4) is 5.75 Å². The zero-order chi connectivity index (χ0) is 16.3. The molecule has 1 aliphatic heterocycles. The van der Waals surface area contributed by atoms with Gasteiger partial charge in [-0.25, -0.2) is 0 Å². The van der Waals surface area contributed by atoms with Crippen LogP contribution in [-0.4, -0.2) is 60.5 Å². The molecule has 0 radical (unpaired) electrons. The van der Waals surface area contributed by atoms with Gasteiger partial charge in [-0.3, -0.25) is 9.69 Å². The summed E-state index contributed by atoms with van der Waals surface area (Å²) in [4.78, 5) is 15.3. The number of likely N-dealkylation sites (N-methyl/N-ethyl adjacent to an activating group) is 1. The Labute approximate surface area is 138 Å². The Morgan fingerprint density at radius 3 is 2.30 bits per heavy atom. The number of ether oxygens (including phenoxy) is 1. The number of carboxylic acids is 1. The third-order valence-electron chi connectivity index (χ3n) is 3.58. The van der Waals surface area contributed by atoms with Crippen molar-refractivity contribution in [3.63, 3.8) is 0 Å². The molecule has 0 spiro atoms. The molecular weight excluding hydrogens is 337 g/mol. The molecule has 1 heterocycles. The van der Waals surface area contributed by atoms with E-state index in [1.807, 2.05) is 11.9 Å². The predicted octanol–water partition coefficient (Wildman–Crippen LogP) is 2.38. The zero-order valence-corrected chi connectivity index (χ0v) is 13.2. The molecule has 5 nitrogen and oxygen atoms in total. The summed E-state index contributed by atoms with van der Waals surface area (Å²) in [5, 5.41) is 9.48. The largest absolute Gasteiger partial charge is 0.573 e. The summed E-state index contributed by atoms with van der Waals surface area (Å²) >= 11 is 0. The molecule has 1 saturated heterocycles. The third-order valence-corrected chi connectivity index (χ3v) is 3.58. The van der Waals surface area contributed by atoms with Crippen LogP contribution in [0.3, 0.4) is 0 Å². The number of nitrogens with zero attached hydrogens (tertiary/aromatic N) is 2. The number of piperazine rings is 1. The molecule has 9 heteroatoms. The zero-order valence-electron chi connectivity index (χ0n) is 12.4. The highest BCUT2D eigenvalue weighted by atomic mass is 35.5. The summed E-state index contributed by atoms with van der Waals surface area (Å²) in [7, 11) is 1.91. The molecule has 0 saturated carbocycles. The van der Waals surface area contributed by atoms with Gasteiger partial charge in [0.15, 0.2) is 0 Å². The second-order valence-corrected chi connectivity index (χ2v) is 5.17. The Morgan fingerprint density at radius 1 is 1.22 bits per heavy atom. The average molecular weight is 355 g/mol. The van der Waals surface area contributed by atoms with Gasteiger partial charge in [-0.1, -0.05) is 18.2 Å². The molecule has 1 aromatic rings. The first-order chi connectivity index (χ1) is 10.3. The molecule has 0 bridgehead atoms. The van der Waals surface area contributed by atoms with Crippen molar-refractivity contribution in [1.29, 1.82) is 0 Å². The molecule has 2 rings (SSSR count). The molecule has 0 aromatic heterocycles. The molecule has 1 N–H and O–H groups in total. The third kappa shape index (κ3) is 5.26. The van der Waals surface area contributed by atoms with E-state index in [9.17, 15) is 23.1 Å². The summed E-state index contributed by atoms with van der Waals surface area (Å²) in [5.41, 5.74) is 0.0110. The fourth-order valence-corrected chi connectivity index (χ4v) is 2.49. The molecule has 0 amide bonds. The summed E-state index contributed by atoms with van der Waals surface area (Å²) in [6, 6.07) is 4.22. The molecule has 1 fully saturated rings. The van der Waals surface area contributed by atoms with Crippen molar-refractivity contribution in [2.45, 2.75) is 12.4 Å². The minimum absolute atomic E-state index is 0. The Kier molecular flexibility index (Phi) is 6.67. The van der Waals surface area contributed by atoms with E-state index in [2.05, 4.69) is 4.74 Å². The fourth-order valence-electron chi connectivity index (χ4n) is 2.49. The van der Waals surface area contributed by atoms with Gasteiger partial charge in [-0.05, 0) is 13.1 Å². The number of alkyl halides is 3. The van der Waals surface area contributed by atoms with E-state index >= 15 is 0 Å². The van der Waals surface area contributed by atoms with Gasteiger partial charge in [0.25, 0.3) is 0 Å². The van der Waals surface area contributed by atoms with Crippen LogP contribution in [-0.2, 0) is 4.79 Å².